The van der Waals surface area contributed by atoms with Gasteiger partial charge in [-0.25, -0.2) is 4.98 Å². The zero-order valence-corrected chi connectivity index (χ0v) is 11.7. The molecule has 2 heterocycles. The van der Waals surface area contributed by atoms with Crippen LogP contribution < -0.4 is 11.1 Å². The van der Waals surface area contributed by atoms with E-state index in [1.54, 1.807) is 7.05 Å². The molecule has 0 atom stereocenters. The van der Waals surface area contributed by atoms with Crippen LogP contribution in [0, 0.1) is 10.1 Å². The Labute approximate surface area is 123 Å². The number of rotatable bonds is 4. The van der Waals surface area contributed by atoms with Crippen LogP contribution in [0.25, 0.3) is 0 Å². The number of nitrogens with one attached hydrogen (secondary N) is 1. The highest BCUT2D eigenvalue weighted by Crippen LogP contribution is 2.19. The molecule has 0 spiro atoms. The number of anilines is 1. The topological polar surface area (TPSA) is 129 Å². The van der Waals surface area contributed by atoms with Crippen molar-refractivity contribution >= 4 is 29.0 Å². The molecule has 2 aromatic heterocycles. The van der Waals surface area contributed by atoms with Crippen LogP contribution in [0.1, 0.15) is 15.9 Å². The first kappa shape index (κ1) is 14.7. The standard InChI is InChI=1S/C11H11ClN6O3/c1-17-10(13)6(4-16-17)3-15-11(19)8-2-7(18(20)21)5-14-9(8)12/h2,4-5H,3,13H2,1H3,(H,15,19). The van der Waals surface area contributed by atoms with Gasteiger partial charge < -0.3 is 11.1 Å². The molecule has 0 bridgehead atoms. The van der Waals surface area contributed by atoms with Crippen LogP contribution in [0.15, 0.2) is 18.5 Å². The van der Waals surface area contributed by atoms with E-state index in [-0.39, 0.29) is 22.9 Å². The Bertz CT molecular complexity index is 714. The van der Waals surface area contributed by atoms with Crippen LogP contribution in [0.4, 0.5) is 11.5 Å². The van der Waals surface area contributed by atoms with E-state index in [1.807, 2.05) is 0 Å². The van der Waals surface area contributed by atoms with E-state index in [0.717, 1.165) is 12.3 Å². The number of nitrogen functional groups attached to an aromatic ring is 1. The minimum absolute atomic E-state index is 0.0756. The number of halogens is 1. The number of hydrogen-bond acceptors (Lipinski definition) is 6. The van der Waals surface area contributed by atoms with Gasteiger partial charge in [-0.3, -0.25) is 19.6 Å². The molecule has 0 aromatic carbocycles. The van der Waals surface area contributed by atoms with Crippen LogP contribution >= 0.6 is 11.6 Å². The van der Waals surface area contributed by atoms with Crippen molar-refractivity contribution in [2.45, 2.75) is 6.54 Å². The number of amides is 1. The van der Waals surface area contributed by atoms with E-state index >= 15 is 0 Å². The third kappa shape index (κ3) is 3.08. The quantitative estimate of drug-likeness (QED) is 0.490. The Morgan fingerprint density at radius 1 is 1.57 bits per heavy atom. The smallest absolute Gasteiger partial charge is 0.288 e. The van der Waals surface area contributed by atoms with E-state index in [4.69, 9.17) is 17.3 Å². The molecule has 0 aliphatic rings. The van der Waals surface area contributed by atoms with Gasteiger partial charge in [0.05, 0.1) is 16.7 Å². The van der Waals surface area contributed by atoms with Gasteiger partial charge in [-0.05, 0) is 0 Å². The fourth-order valence-electron chi connectivity index (χ4n) is 1.60. The van der Waals surface area contributed by atoms with Gasteiger partial charge in [0.2, 0.25) is 0 Å². The highest BCUT2D eigenvalue weighted by atomic mass is 35.5. The van der Waals surface area contributed by atoms with Gasteiger partial charge in [-0.2, -0.15) is 5.10 Å². The summed E-state index contributed by atoms with van der Waals surface area (Å²) in [6, 6.07) is 1.07. The van der Waals surface area contributed by atoms with Crippen LogP contribution in [0.3, 0.4) is 0 Å². The summed E-state index contributed by atoms with van der Waals surface area (Å²) in [5.41, 5.74) is 5.98. The second kappa shape index (κ2) is 5.75. The lowest BCUT2D eigenvalue weighted by atomic mass is 10.2. The zero-order chi connectivity index (χ0) is 15.6. The number of carbonyl (C=O) groups is 1. The summed E-state index contributed by atoms with van der Waals surface area (Å²) in [5, 5.41) is 17.1. The molecule has 21 heavy (non-hydrogen) atoms. The van der Waals surface area contributed by atoms with Crippen molar-refractivity contribution in [1.29, 1.82) is 0 Å². The summed E-state index contributed by atoms with van der Waals surface area (Å²) in [5.74, 6) is -0.169. The number of nitrogens with two attached hydrogens (primary N) is 1. The predicted octanol–water partition coefficient (Wildman–Crippen LogP) is 0.889. The molecule has 110 valence electrons. The minimum Gasteiger partial charge on any atom is -0.384 e. The molecular weight excluding hydrogens is 300 g/mol. The number of pyridine rings is 1. The Morgan fingerprint density at radius 2 is 2.29 bits per heavy atom. The number of hydrogen-bond donors (Lipinski definition) is 2. The van der Waals surface area contributed by atoms with Crippen LogP contribution in [0.2, 0.25) is 5.15 Å². The fraction of sp³-hybridized carbons (Fsp3) is 0.182. The van der Waals surface area contributed by atoms with Gasteiger partial charge in [-0.1, -0.05) is 11.6 Å². The average molecular weight is 311 g/mol. The molecule has 1 amide bonds. The van der Waals surface area contributed by atoms with Crippen molar-refractivity contribution in [3.05, 3.63) is 44.9 Å². The molecule has 0 aliphatic heterocycles. The Kier molecular flexibility index (Phi) is 4.03. The van der Waals surface area contributed by atoms with Crippen molar-refractivity contribution < 1.29 is 9.72 Å². The highest BCUT2D eigenvalue weighted by Gasteiger charge is 2.17. The van der Waals surface area contributed by atoms with Crippen molar-refractivity contribution in [2.75, 3.05) is 5.73 Å². The maximum Gasteiger partial charge on any atom is 0.288 e. The van der Waals surface area contributed by atoms with E-state index in [9.17, 15) is 14.9 Å². The van der Waals surface area contributed by atoms with Gasteiger partial charge in [0.1, 0.15) is 17.2 Å². The number of nitrogens with zero attached hydrogens (tertiary/aromatic N) is 4. The lowest BCUT2D eigenvalue weighted by Crippen LogP contribution is -2.23. The molecule has 9 nitrogen and oxygen atoms in total. The van der Waals surface area contributed by atoms with Gasteiger partial charge in [0, 0.05) is 25.2 Å². The summed E-state index contributed by atoms with van der Waals surface area (Å²) in [7, 11) is 1.67. The van der Waals surface area contributed by atoms with Crippen LogP contribution in [0.5, 0.6) is 0 Å². The predicted molar refractivity (Wildman–Crippen MR) is 74.7 cm³/mol. The molecule has 2 rings (SSSR count). The zero-order valence-electron chi connectivity index (χ0n) is 10.9. The first-order valence-corrected chi connectivity index (χ1v) is 6.12. The fourth-order valence-corrected chi connectivity index (χ4v) is 1.78. The lowest BCUT2D eigenvalue weighted by molar-refractivity contribution is -0.385. The minimum atomic E-state index is -0.654. The summed E-state index contributed by atoms with van der Waals surface area (Å²) >= 11 is 5.78. The number of nitro groups is 1. The van der Waals surface area contributed by atoms with Crippen molar-refractivity contribution in [3.8, 4) is 0 Å². The second-order valence-electron chi connectivity index (χ2n) is 4.15. The lowest BCUT2D eigenvalue weighted by Gasteiger charge is -2.06. The van der Waals surface area contributed by atoms with Gasteiger partial charge in [0.25, 0.3) is 11.6 Å². The molecule has 0 unspecified atom stereocenters. The van der Waals surface area contributed by atoms with Gasteiger partial charge in [-0.15, -0.1) is 0 Å². The first-order valence-electron chi connectivity index (χ1n) is 5.74. The van der Waals surface area contributed by atoms with E-state index in [1.165, 1.54) is 10.9 Å². The van der Waals surface area contributed by atoms with Crippen molar-refractivity contribution in [2.24, 2.45) is 7.05 Å². The molecule has 0 radical (unpaired) electrons. The van der Waals surface area contributed by atoms with Crippen LogP contribution in [-0.4, -0.2) is 25.6 Å². The maximum atomic E-state index is 12.0. The third-order valence-electron chi connectivity index (χ3n) is 2.78. The molecule has 2 aromatic rings. The number of carbonyl (C=O) groups excluding carboxylic acids is 1. The summed E-state index contributed by atoms with van der Waals surface area (Å²) < 4.78 is 1.46. The molecule has 0 saturated heterocycles. The van der Waals surface area contributed by atoms with Crippen molar-refractivity contribution in [1.82, 2.24) is 20.1 Å². The monoisotopic (exact) mass is 310 g/mol. The SMILES string of the molecule is Cn1ncc(CNC(=O)c2cc([N+](=O)[O-])cnc2Cl)c1N. The number of aromatic nitrogens is 3. The second-order valence-corrected chi connectivity index (χ2v) is 4.51. The largest absolute Gasteiger partial charge is 0.384 e. The molecular formula is C11H11ClN6O3. The Balaban J connectivity index is 2.15. The average Bonchev–Trinajstić information content (AvgIpc) is 2.76. The van der Waals surface area contributed by atoms with E-state index < -0.39 is 10.8 Å². The molecule has 0 aliphatic carbocycles. The summed E-state index contributed by atoms with van der Waals surface area (Å²) in [4.78, 5) is 25.6. The third-order valence-corrected chi connectivity index (χ3v) is 3.09. The molecule has 0 fully saturated rings. The van der Waals surface area contributed by atoms with Crippen molar-refractivity contribution in [3.63, 3.8) is 0 Å². The van der Waals surface area contributed by atoms with E-state index in [0.29, 0.717) is 11.4 Å². The van der Waals surface area contributed by atoms with Gasteiger partial charge in [0.15, 0.2) is 0 Å². The van der Waals surface area contributed by atoms with E-state index in [2.05, 4.69) is 15.4 Å². The molecule has 3 N–H and O–H groups in total. The maximum absolute atomic E-state index is 12.0. The highest BCUT2D eigenvalue weighted by molar-refractivity contribution is 6.32. The first-order chi connectivity index (χ1) is 9.90. The normalized spacial score (nSPS) is 10.4. The summed E-state index contributed by atoms with van der Waals surface area (Å²) in [6.07, 6.45) is 2.50. The summed E-state index contributed by atoms with van der Waals surface area (Å²) in [6.45, 7) is 0.123. The molecule has 10 heteroatoms. The molecule has 0 saturated carbocycles. The Hall–Kier alpha value is -2.68. The number of aryl methyl sites for hydroxylation is 1. The van der Waals surface area contributed by atoms with Crippen LogP contribution in [-0.2, 0) is 13.6 Å². The van der Waals surface area contributed by atoms with Gasteiger partial charge >= 0.3 is 0 Å². The Morgan fingerprint density at radius 3 is 2.86 bits per heavy atom.